The van der Waals surface area contributed by atoms with Crippen molar-refractivity contribution in [2.24, 2.45) is 0 Å². The minimum Gasteiger partial charge on any atom is -0.504 e. The summed E-state index contributed by atoms with van der Waals surface area (Å²) in [5, 5.41) is 10.0. The second-order valence-electron chi connectivity index (χ2n) is 6.25. The third kappa shape index (κ3) is 3.20. The molecule has 1 atom stereocenters. The molecule has 0 aromatic heterocycles. The summed E-state index contributed by atoms with van der Waals surface area (Å²) < 4.78 is 5.93. The number of aromatic hydroxyl groups is 1. The first kappa shape index (κ1) is 17.0. The highest BCUT2D eigenvalue weighted by Crippen LogP contribution is 2.38. The van der Waals surface area contributed by atoms with Gasteiger partial charge in [-0.05, 0) is 42.5 Å². The Morgan fingerprint density at radius 2 is 2.17 bits per heavy atom. The molecule has 1 aliphatic carbocycles. The molecule has 1 aromatic rings. The maximum Gasteiger partial charge on any atom is 0.161 e. The van der Waals surface area contributed by atoms with E-state index in [0.717, 1.165) is 34.9 Å². The molecule has 6 heteroatoms. The summed E-state index contributed by atoms with van der Waals surface area (Å²) in [6, 6.07) is 3.20. The van der Waals surface area contributed by atoms with Gasteiger partial charge < -0.3 is 19.5 Å². The Morgan fingerprint density at radius 3 is 2.88 bits per heavy atom. The van der Waals surface area contributed by atoms with Crippen LogP contribution in [0.25, 0.3) is 0 Å². The summed E-state index contributed by atoms with van der Waals surface area (Å²) in [5.41, 5.74) is 3.17. The standard InChI is InChI=1S/C18H20BrNO4/c1-24-18-8-15(19)12(7-17(18)23)9-20-13(10-21)3-2-11-6-14(22)4-5-16(11)20/h7-8,10,13,23H,2-6,9H2,1H3. The van der Waals surface area contributed by atoms with Gasteiger partial charge in [-0.2, -0.15) is 0 Å². The van der Waals surface area contributed by atoms with E-state index in [-0.39, 0.29) is 17.6 Å². The summed E-state index contributed by atoms with van der Waals surface area (Å²) in [4.78, 5) is 25.4. The lowest BCUT2D eigenvalue weighted by atomic mass is 9.86. The molecule has 1 heterocycles. The van der Waals surface area contributed by atoms with Crippen LogP contribution in [-0.4, -0.2) is 35.2 Å². The van der Waals surface area contributed by atoms with Gasteiger partial charge >= 0.3 is 0 Å². The molecule has 24 heavy (non-hydrogen) atoms. The number of carbonyl (C=O) groups is 2. The van der Waals surface area contributed by atoms with Crippen LogP contribution < -0.4 is 4.74 Å². The van der Waals surface area contributed by atoms with Crippen LogP contribution in [0.4, 0.5) is 0 Å². The number of benzene rings is 1. The first-order valence-corrected chi connectivity index (χ1v) is 8.82. The number of phenols is 1. The molecular weight excluding hydrogens is 374 g/mol. The van der Waals surface area contributed by atoms with Gasteiger partial charge in [0.15, 0.2) is 11.5 Å². The molecule has 1 aromatic carbocycles. The van der Waals surface area contributed by atoms with Crippen molar-refractivity contribution in [1.29, 1.82) is 0 Å². The Hall–Kier alpha value is -1.82. The number of nitrogens with zero attached hydrogens (tertiary/aromatic N) is 1. The van der Waals surface area contributed by atoms with E-state index in [4.69, 9.17) is 4.74 Å². The lowest BCUT2D eigenvalue weighted by molar-refractivity contribution is -0.119. The minimum atomic E-state index is -0.187. The highest BCUT2D eigenvalue weighted by Gasteiger charge is 2.32. The lowest BCUT2D eigenvalue weighted by Gasteiger charge is -2.40. The first-order valence-electron chi connectivity index (χ1n) is 8.03. The number of hydrogen-bond donors (Lipinski definition) is 1. The molecule has 3 rings (SSSR count). The lowest BCUT2D eigenvalue weighted by Crippen LogP contribution is -2.40. The zero-order valence-electron chi connectivity index (χ0n) is 13.5. The van der Waals surface area contributed by atoms with Crippen LogP contribution in [0.5, 0.6) is 11.5 Å². The second-order valence-corrected chi connectivity index (χ2v) is 7.11. The van der Waals surface area contributed by atoms with E-state index in [9.17, 15) is 14.7 Å². The predicted molar refractivity (Wildman–Crippen MR) is 92.9 cm³/mol. The van der Waals surface area contributed by atoms with Crippen LogP contribution in [0.15, 0.2) is 27.9 Å². The van der Waals surface area contributed by atoms with E-state index in [1.165, 1.54) is 12.7 Å². The molecular formula is C18H20BrNO4. The van der Waals surface area contributed by atoms with Crippen molar-refractivity contribution in [2.75, 3.05) is 7.11 Å². The highest BCUT2D eigenvalue weighted by atomic mass is 79.9. The number of hydrogen-bond acceptors (Lipinski definition) is 5. The summed E-state index contributed by atoms with van der Waals surface area (Å²) in [7, 11) is 1.50. The van der Waals surface area contributed by atoms with Crippen LogP contribution in [0.3, 0.4) is 0 Å². The average Bonchev–Trinajstić information content (AvgIpc) is 2.57. The average molecular weight is 394 g/mol. The van der Waals surface area contributed by atoms with Crippen molar-refractivity contribution in [3.8, 4) is 11.5 Å². The molecule has 0 fully saturated rings. The molecule has 0 saturated carbocycles. The Kier molecular flexibility index (Phi) is 4.94. The van der Waals surface area contributed by atoms with Crippen molar-refractivity contribution < 1.29 is 19.4 Å². The first-order chi connectivity index (χ1) is 11.5. The van der Waals surface area contributed by atoms with Gasteiger partial charge in [-0.25, -0.2) is 0 Å². The van der Waals surface area contributed by atoms with Crippen molar-refractivity contribution in [3.63, 3.8) is 0 Å². The minimum absolute atomic E-state index is 0.0726. The zero-order chi connectivity index (χ0) is 17.3. The summed E-state index contributed by atoms with van der Waals surface area (Å²) in [6.45, 7) is 0.509. The van der Waals surface area contributed by atoms with Crippen molar-refractivity contribution >= 4 is 28.0 Å². The Balaban J connectivity index is 1.94. The van der Waals surface area contributed by atoms with E-state index in [1.807, 2.05) is 0 Å². The number of allylic oxidation sites excluding steroid dienone is 2. The number of rotatable bonds is 4. The number of Topliss-reactive ketones (excluding diaryl/α,β-unsaturated/α-hetero) is 1. The number of methoxy groups -OCH3 is 1. The van der Waals surface area contributed by atoms with Gasteiger partial charge in [-0.15, -0.1) is 0 Å². The quantitative estimate of drug-likeness (QED) is 0.794. The normalized spacial score (nSPS) is 20.8. The van der Waals surface area contributed by atoms with E-state index >= 15 is 0 Å². The van der Waals surface area contributed by atoms with Crippen molar-refractivity contribution in [3.05, 3.63) is 33.4 Å². The molecule has 1 unspecified atom stereocenters. The molecule has 1 N–H and O–H groups in total. The molecule has 0 bridgehead atoms. The Labute approximate surface area is 149 Å². The molecule has 5 nitrogen and oxygen atoms in total. The van der Waals surface area contributed by atoms with E-state index in [1.54, 1.807) is 12.1 Å². The Bertz CT molecular complexity index is 713. The fraction of sp³-hybridized carbons (Fsp3) is 0.444. The molecule has 0 saturated heterocycles. The third-order valence-electron chi connectivity index (χ3n) is 4.79. The monoisotopic (exact) mass is 393 g/mol. The van der Waals surface area contributed by atoms with Crippen LogP contribution in [-0.2, 0) is 16.1 Å². The third-order valence-corrected chi connectivity index (χ3v) is 5.53. The maximum absolute atomic E-state index is 11.7. The molecule has 0 amide bonds. The van der Waals surface area contributed by atoms with Crippen molar-refractivity contribution in [1.82, 2.24) is 4.90 Å². The smallest absolute Gasteiger partial charge is 0.161 e. The van der Waals surface area contributed by atoms with Crippen molar-refractivity contribution in [2.45, 2.75) is 44.7 Å². The van der Waals surface area contributed by atoms with Crippen LogP contribution in [0.1, 0.15) is 37.7 Å². The van der Waals surface area contributed by atoms with E-state index in [2.05, 4.69) is 20.8 Å². The fourth-order valence-electron chi connectivity index (χ4n) is 3.53. The summed E-state index contributed by atoms with van der Waals surface area (Å²) in [5.74, 6) is 0.754. The largest absolute Gasteiger partial charge is 0.504 e. The molecule has 128 valence electrons. The van der Waals surface area contributed by atoms with Gasteiger partial charge in [-0.1, -0.05) is 15.9 Å². The number of aldehydes is 1. The van der Waals surface area contributed by atoms with Gasteiger partial charge in [0.25, 0.3) is 0 Å². The Morgan fingerprint density at radius 1 is 1.38 bits per heavy atom. The van der Waals surface area contributed by atoms with Crippen LogP contribution in [0.2, 0.25) is 0 Å². The fourth-order valence-corrected chi connectivity index (χ4v) is 3.98. The van der Waals surface area contributed by atoms with E-state index in [0.29, 0.717) is 31.6 Å². The maximum atomic E-state index is 11.7. The number of halogens is 1. The number of ketones is 1. The van der Waals surface area contributed by atoms with Gasteiger partial charge in [0.2, 0.25) is 0 Å². The molecule has 2 aliphatic rings. The second kappa shape index (κ2) is 6.97. The van der Waals surface area contributed by atoms with Gasteiger partial charge in [0, 0.05) is 29.6 Å². The van der Waals surface area contributed by atoms with Gasteiger partial charge in [0.05, 0.1) is 13.2 Å². The van der Waals surface area contributed by atoms with Crippen LogP contribution >= 0.6 is 15.9 Å². The van der Waals surface area contributed by atoms with Crippen LogP contribution in [0, 0.1) is 0 Å². The van der Waals surface area contributed by atoms with Gasteiger partial charge in [-0.3, -0.25) is 4.79 Å². The number of phenolic OH excluding ortho intramolecular Hbond substituents is 1. The molecule has 0 radical (unpaired) electrons. The topological polar surface area (TPSA) is 66.8 Å². The summed E-state index contributed by atoms with van der Waals surface area (Å²) >= 11 is 3.51. The zero-order valence-corrected chi connectivity index (χ0v) is 15.1. The number of carbonyl (C=O) groups excluding carboxylic acids is 2. The highest BCUT2D eigenvalue weighted by molar-refractivity contribution is 9.10. The molecule has 0 spiro atoms. The predicted octanol–water partition coefficient (Wildman–Crippen LogP) is 3.33. The van der Waals surface area contributed by atoms with Gasteiger partial charge in [0.1, 0.15) is 12.1 Å². The SMILES string of the molecule is COc1cc(Br)c(CN2C3=C(CCC2C=O)CC(=O)CC3)cc1O. The van der Waals surface area contributed by atoms with E-state index < -0.39 is 0 Å². The molecule has 1 aliphatic heterocycles. The number of ether oxygens (including phenoxy) is 1. The summed E-state index contributed by atoms with van der Waals surface area (Å²) in [6.07, 6.45) is 4.27.